The lowest BCUT2D eigenvalue weighted by molar-refractivity contribution is 0.0920. The van der Waals surface area contributed by atoms with Gasteiger partial charge in [0.2, 0.25) is 0 Å². The number of amides is 1. The van der Waals surface area contributed by atoms with Gasteiger partial charge in [-0.2, -0.15) is 0 Å². The van der Waals surface area contributed by atoms with E-state index in [1.165, 1.54) is 17.8 Å². The minimum atomic E-state index is -0.270. The molecule has 0 radical (unpaired) electrons. The van der Waals surface area contributed by atoms with Crippen LogP contribution < -0.4 is 14.8 Å². The van der Waals surface area contributed by atoms with Crippen molar-refractivity contribution in [3.05, 3.63) is 117 Å². The maximum atomic E-state index is 12.6. The molecule has 0 bridgehead atoms. The van der Waals surface area contributed by atoms with Crippen molar-refractivity contribution in [2.45, 2.75) is 64.6 Å². The summed E-state index contributed by atoms with van der Waals surface area (Å²) in [6.45, 7) is 3.30. The average Bonchev–Trinajstić information content (AvgIpc) is 3.97. The number of benzene rings is 1. The maximum absolute atomic E-state index is 12.6. The normalized spacial score (nSPS) is 16.0. The van der Waals surface area contributed by atoms with Crippen LogP contribution in [0.1, 0.15) is 72.2 Å². The van der Waals surface area contributed by atoms with Crippen LogP contribution >= 0.6 is 56.6 Å². The molecule has 2 fully saturated rings. The van der Waals surface area contributed by atoms with Crippen LogP contribution in [0.25, 0.3) is 0 Å². The Bertz CT molecular complexity index is 1680. The van der Waals surface area contributed by atoms with E-state index in [9.17, 15) is 4.79 Å². The Kier molecular flexibility index (Phi) is 18.5. The zero-order valence-corrected chi connectivity index (χ0v) is 32.7. The van der Waals surface area contributed by atoms with Gasteiger partial charge in [-0.3, -0.25) is 14.9 Å². The predicted octanol–water partition coefficient (Wildman–Crippen LogP) is 9.01. The van der Waals surface area contributed by atoms with Gasteiger partial charge in [-0.1, -0.05) is 37.8 Å². The topological polar surface area (TPSA) is 112 Å². The maximum Gasteiger partial charge on any atom is 0.410 e. The molecule has 51 heavy (non-hydrogen) atoms. The number of aromatic nitrogens is 4. The van der Waals surface area contributed by atoms with Gasteiger partial charge in [0.15, 0.2) is 0 Å². The SMILES string of the molecule is Br.Br.C.O=C(OCc1ccccc1)N1CCC[C@H]1c1nc(CCOc2cccnc2)cs1.c1cncc(OCCc2csc([C@@H]3CCCN3)n2)c1. The van der Waals surface area contributed by atoms with E-state index in [1.54, 1.807) is 52.4 Å². The molecule has 2 aliphatic heterocycles. The lowest BCUT2D eigenvalue weighted by atomic mass is 10.2. The number of likely N-dealkylation sites (tertiary alicyclic amines) is 1. The number of carbonyl (C=O) groups is 1. The number of nitrogens with one attached hydrogen (secondary N) is 1. The fraction of sp³-hybridized carbons (Fsp3) is 0.378. The highest BCUT2D eigenvalue weighted by molar-refractivity contribution is 8.93. The van der Waals surface area contributed by atoms with Gasteiger partial charge in [-0.15, -0.1) is 56.6 Å². The molecule has 10 nitrogen and oxygen atoms in total. The first kappa shape index (κ1) is 42.0. The van der Waals surface area contributed by atoms with Crippen LogP contribution in [-0.2, 0) is 24.2 Å². The number of rotatable bonds is 12. The van der Waals surface area contributed by atoms with Crippen molar-refractivity contribution in [3.63, 3.8) is 0 Å². The minimum Gasteiger partial charge on any atom is -0.492 e. The van der Waals surface area contributed by atoms with E-state index < -0.39 is 0 Å². The van der Waals surface area contributed by atoms with Crippen molar-refractivity contribution < 1.29 is 19.0 Å². The van der Waals surface area contributed by atoms with E-state index in [0.717, 1.165) is 65.7 Å². The molecule has 2 saturated heterocycles. The molecule has 0 aliphatic carbocycles. The zero-order chi connectivity index (χ0) is 32.8. The Balaban J connectivity index is 0.000000280. The van der Waals surface area contributed by atoms with Crippen LogP contribution in [0.2, 0.25) is 0 Å². The molecule has 1 amide bonds. The number of nitrogens with zero attached hydrogens (tertiary/aromatic N) is 5. The summed E-state index contributed by atoms with van der Waals surface area (Å²) in [6, 6.07) is 17.7. The summed E-state index contributed by atoms with van der Waals surface area (Å²) in [7, 11) is 0. The first-order chi connectivity index (χ1) is 23.7. The van der Waals surface area contributed by atoms with Gasteiger partial charge in [0.05, 0.1) is 49.1 Å². The largest absolute Gasteiger partial charge is 0.492 e. The fourth-order valence-corrected chi connectivity index (χ4v) is 7.50. The van der Waals surface area contributed by atoms with E-state index in [4.69, 9.17) is 19.2 Å². The number of halogens is 2. The van der Waals surface area contributed by atoms with Crippen molar-refractivity contribution in [2.75, 3.05) is 26.3 Å². The average molecular weight is 863 g/mol. The molecule has 2 atom stereocenters. The van der Waals surface area contributed by atoms with Gasteiger partial charge < -0.3 is 19.5 Å². The molecule has 1 N–H and O–H groups in total. The molecule has 2 aliphatic rings. The number of pyridine rings is 2. The highest BCUT2D eigenvalue weighted by Gasteiger charge is 2.33. The summed E-state index contributed by atoms with van der Waals surface area (Å²) in [5.41, 5.74) is 3.10. The van der Waals surface area contributed by atoms with E-state index in [0.29, 0.717) is 25.8 Å². The van der Waals surface area contributed by atoms with Gasteiger partial charge in [0.25, 0.3) is 0 Å². The van der Waals surface area contributed by atoms with Crippen LogP contribution in [0, 0.1) is 0 Å². The Morgan fingerprint density at radius 1 is 0.804 bits per heavy atom. The van der Waals surface area contributed by atoms with Crippen LogP contribution in [0.5, 0.6) is 11.5 Å². The summed E-state index contributed by atoms with van der Waals surface area (Å²) in [4.78, 5) is 31.9. The van der Waals surface area contributed by atoms with E-state index in [1.807, 2.05) is 60.0 Å². The van der Waals surface area contributed by atoms with Gasteiger partial charge in [0, 0.05) is 42.5 Å². The van der Waals surface area contributed by atoms with Crippen molar-refractivity contribution >= 4 is 62.7 Å². The van der Waals surface area contributed by atoms with Crippen molar-refractivity contribution in [1.29, 1.82) is 0 Å². The monoisotopic (exact) mass is 860 g/mol. The van der Waals surface area contributed by atoms with Crippen molar-refractivity contribution in [3.8, 4) is 11.5 Å². The quantitative estimate of drug-likeness (QED) is 0.131. The molecule has 0 spiro atoms. The first-order valence-corrected chi connectivity index (χ1v) is 18.1. The molecule has 4 aromatic heterocycles. The number of hydrogen-bond donors (Lipinski definition) is 1. The molecule has 0 unspecified atom stereocenters. The second kappa shape index (κ2) is 22.5. The standard InChI is InChI=1S/C22H23N3O3S.C14H17N3OS.CH4.2BrH/c26-22(28-15-17-6-2-1-3-7-17)25-12-5-9-20(25)21-24-18(16-29-21)10-13-27-19-8-4-11-23-14-19;1-3-12(9-15-6-1)18-8-5-11-10-19-14(17-11)13-4-2-7-16-13;;;/h1-4,6-8,11,14,16,20H,5,9-10,12-13,15H2;1,3,6,9-10,13,16H,2,4-5,7-8H2;1H4;2*1H/t20-;13-;;;/m00.../s1. The summed E-state index contributed by atoms with van der Waals surface area (Å²) in [5.74, 6) is 1.57. The fourth-order valence-electron chi connectivity index (χ4n) is 5.54. The summed E-state index contributed by atoms with van der Waals surface area (Å²) in [6.07, 6.45) is 12.5. The highest BCUT2D eigenvalue weighted by atomic mass is 79.9. The second-order valence-corrected chi connectivity index (χ2v) is 13.2. The van der Waals surface area contributed by atoms with Crippen LogP contribution in [-0.4, -0.2) is 57.2 Å². The number of carbonyl (C=O) groups excluding carboxylic acids is 1. The molecular formula is C37H46Br2N6O4S2. The van der Waals surface area contributed by atoms with Gasteiger partial charge in [-0.25, -0.2) is 14.8 Å². The molecule has 6 heterocycles. The van der Waals surface area contributed by atoms with Gasteiger partial charge in [-0.05, 0) is 62.1 Å². The van der Waals surface area contributed by atoms with Gasteiger partial charge >= 0.3 is 6.09 Å². The predicted molar refractivity (Wildman–Crippen MR) is 214 cm³/mol. The minimum absolute atomic E-state index is 0. The van der Waals surface area contributed by atoms with Crippen LogP contribution in [0.15, 0.2) is 90.1 Å². The molecule has 1 aromatic carbocycles. The third kappa shape index (κ3) is 12.9. The van der Waals surface area contributed by atoms with Crippen molar-refractivity contribution in [1.82, 2.24) is 30.2 Å². The Labute approximate surface area is 329 Å². The summed E-state index contributed by atoms with van der Waals surface area (Å²) in [5, 5.41) is 9.85. The molecule has 0 saturated carbocycles. The molecule has 14 heteroatoms. The number of thiazole rings is 2. The lowest BCUT2D eigenvalue weighted by Crippen LogP contribution is -2.31. The molecule has 7 rings (SSSR count). The number of ether oxygens (including phenoxy) is 3. The van der Waals surface area contributed by atoms with Crippen molar-refractivity contribution in [2.24, 2.45) is 0 Å². The zero-order valence-electron chi connectivity index (χ0n) is 27.6. The first-order valence-electron chi connectivity index (χ1n) is 16.4. The highest BCUT2D eigenvalue weighted by Crippen LogP contribution is 2.34. The lowest BCUT2D eigenvalue weighted by Gasteiger charge is -2.22. The van der Waals surface area contributed by atoms with E-state index in [-0.39, 0.29) is 60.1 Å². The Morgan fingerprint density at radius 2 is 1.43 bits per heavy atom. The summed E-state index contributed by atoms with van der Waals surface area (Å²) >= 11 is 3.35. The number of hydrogen-bond acceptors (Lipinski definition) is 11. The van der Waals surface area contributed by atoms with Gasteiger partial charge in [0.1, 0.15) is 28.1 Å². The third-order valence-electron chi connectivity index (χ3n) is 8.00. The molecular weight excluding hydrogens is 816 g/mol. The van der Waals surface area contributed by atoms with Crippen LogP contribution in [0.4, 0.5) is 4.79 Å². The van der Waals surface area contributed by atoms with E-state index in [2.05, 4.69) is 25.6 Å². The molecule has 274 valence electrons. The Hall–Kier alpha value is -3.43. The smallest absolute Gasteiger partial charge is 0.410 e. The Morgan fingerprint density at radius 3 is 2.02 bits per heavy atom. The second-order valence-electron chi connectivity index (χ2n) is 11.5. The molecule has 5 aromatic rings. The third-order valence-corrected chi connectivity index (χ3v) is 10.00. The summed E-state index contributed by atoms with van der Waals surface area (Å²) < 4.78 is 16.8. The van der Waals surface area contributed by atoms with Crippen LogP contribution in [0.3, 0.4) is 0 Å². The van der Waals surface area contributed by atoms with E-state index >= 15 is 0 Å².